The maximum atomic E-state index is 13.9. The summed E-state index contributed by atoms with van der Waals surface area (Å²) >= 11 is 5.73. The van der Waals surface area contributed by atoms with E-state index in [-0.39, 0.29) is 10.7 Å². The number of carbonyl (C=O) groups is 1. The van der Waals surface area contributed by atoms with E-state index in [1.165, 1.54) is 12.1 Å². The first-order valence-corrected chi connectivity index (χ1v) is 7.47. The van der Waals surface area contributed by atoms with Crippen molar-refractivity contribution < 1.29 is 9.18 Å². The van der Waals surface area contributed by atoms with Crippen LogP contribution < -0.4 is 5.32 Å². The van der Waals surface area contributed by atoms with Crippen LogP contribution in [0.4, 0.5) is 10.1 Å². The average molecular weight is 329 g/mol. The molecular formula is C18H14ClFN2O. The van der Waals surface area contributed by atoms with E-state index >= 15 is 0 Å². The van der Waals surface area contributed by atoms with E-state index in [1.807, 2.05) is 25.1 Å². The number of hydrogen-bond acceptors (Lipinski definition) is 2. The number of fused-ring (bicyclic) bond motifs is 1. The van der Waals surface area contributed by atoms with Gasteiger partial charge in [-0.3, -0.25) is 9.78 Å². The number of aryl methyl sites for hydroxylation is 2. The van der Waals surface area contributed by atoms with Crippen molar-refractivity contribution >= 4 is 34.1 Å². The fourth-order valence-corrected chi connectivity index (χ4v) is 2.59. The molecule has 1 aromatic heterocycles. The van der Waals surface area contributed by atoms with Gasteiger partial charge in [-0.15, -0.1) is 0 Å². The summed E-state index contributed by atoms with van der Waals surface area (Å²) in [7, 11) is 0. The molecule has 0 saturated carbocycles. The molecular weight excluding hydrogens is 315 g/mol. The van der Waals surface area contributed by atoms with Gasteiger partial charge in [0.05, 0.1) is 27.5 Å². The molecule has 5 heteroatoms. The van der Waals surface area contributed by atoms with E-state index in [2.05, 4.69) is 10.3 Å². The van der Waals surface area contributed by atoms with Crippen LogP contribution in [0.1, 0.15) is 21.6 Å². The van der Waals surface area contributed by atoms with Crippen LogP contribution in [-0.2, 0) is 0 Å². The maximum absolute atomic E-state index is 13.9. The summed E-state index contributed by atoms with van der Waals surface area (Å²) in [4.78, 5) is 16.9. The van der Waals surface area contributed by atoms with E-state index in [4.69, 9.17) is 11.6 Å². The number of pyridine rings is 1. The van der Waals surface area contributed by atoms with Crippen molar-refractivity contribution in [3.05, 3.63) is 70.1 Å². The van der Waals surface area contributed by atoms with Crippen molar-refractivity contribution in [1.29, 1.82) is 0 Å². The van der Waals surface area contributed by atoms with E-state index in [0.717, 1.165) is 16.5 Å². The second-order valence-corrected chi connectivity index (χ2v) is 5.78. The topological polar surface area (TPSA) is 42.0 Å². The predicted octanol–water partition coefficient (Wildman–Crippen LogP) is 4.90. The van der Waals surface area contributed by atoms with Gasteiger partial charge in [-0.1, -0.05) is 29.3 Å². The van der Waals surface area contributed by atoms with Crippen molar-refractivity contribution in [3.63, 3.8) is 0 Å². The third kappa shape index (κ3) is 3.03. The Morgan fingerprint density at radius 2 is 1.96 bits per heavy atom. The highest BCUT2D eigenvalue weighted by Crippen LogP contribution is 2.24. The van der Waals surface area contributed by atoms with Crippen molar-refractivity contribution in [2.45, 2.75) is 13.8 Å². The lowest BCUT2D eigenvalue weighted by molar-refractivity contribution is 0.102. The largest absolute Gasteiger partial charge is 0.319 e. The van der Waals surface area contributed by atoms with Crippen molar-refractivity contribution in [2.75, 3.05) is 5.32 Å². The number of benzene rings is 2. The first-order valence-electron chi connectivity index (χ1n) is 7.09. The van der Waals surface area contributed by atoms with Crippen LogP contribution >= 0.6 is 11.6 Å². The number of nitrogens with one attached hydrogen (secondary N) is 1. The zero-order valence-corrected chi connectivity index (χ0v) is 13.4. The van der Waals surface area contributed by atoms with Gasteiger partial charge in [0.1, 0.15) is 0 Å². The summed E-state index contributed by atoms with van der Waals surface area (Å²) in [5.74, 6) is -1.07. The Kier molecular flexibility index (Phi) is 4.01. The van der Waals surface area contributed by atoms with E-state index in [0.29, 0.717) is 11.3 Å². The number of carbonyl (C=O) groups excluding carboxylic acids is 1. The van der Waals surface area contributed by atoms with Crippen LogP contribution in [0.25, 0.3) is 10.9 Å². The molecule has 0 radical (unpaired) electrons. The molecule has 1 amide bonds. The quantitative estimate of drug-likeness (QED) is 0.727. The van der Waals surface area contributed by atoms with Crippen molar-refractivity contribution in [2.24, 2.45) is 0 Å². The number of rotatable bonds is 2. The lowest BCUT2D eigenvalue weighted by Gasteiger charge is -2.10. The van der Waals surface area contributed by atoms with Crippen molar-refractivity contribution in [3.8, 4) is 0 Å². The van der Waals surface area contributed by atoms with Crippen LogP contribution in [0.2, 0.25) is 5.02 Å². The normalized spacial score (nSPS) is 10.8. The Bertz CT molecular complexity index is 924. The smallest absolute Gasteiger partial charge is 0.257 e. The number of halogens is 2. The Morgan fingerprint density at radius 3 is 2.74 bits per heavy atom. The van der Waals surface area contributed by atoms with Gasteiger partial charge in [-0.25, -0.2) is 4.39 Å². The van der Waals surface area contributed by atoms with Crippen LogP contribution in [0.5, 0.6) is 0 Å². The minimum Gasteiger partial charge on any atom is -0.319 e. The highest BCUT2D eigenvalue weighted by Gasteiger charge is 2.15. The molecule has 1 heterocycles. The minimum atomic E-state index is -0.648. The van der Waals surface area contributed by atoms with E-state index in [9.17, 15) is 9.18 Å². The third-order valence-corrected chi connectivity index (χ3v) is 3.90. The highest BCUT2D eigenvalue weighted by atomic mass is 35.5. The fraction of sp³-hybridized carbons (Fsp3) is 0.111. The predicted molar refractivity (Wildman–Crippen MR) is 90.6 cm³/mol. The zero-order chi connectivity index (χ0) is 16.6. The molecule has 3 aromatic rings. The molecule has 1 N–H and O–H groups in total. The van der Waals surface area contributed by atoms with E-state index in [1.54, 1.807) is 19.1 Å². The number of nitrogens with zero attached hydrogens (tertiary/aromatic N) is 1. The highest BCUT2D eigenvalue weighted by molar-refractivity contribution is 6.31. The van der Waals surface area contributed by atoms with Crippen LogP contribution in [0.3, 0.4) is 0 Å². The summed E-state index contributed by atoms with van der Waals surface area (Å²) < 4.78 is 13.9. The third-order valence-electron chi connectivity index (χ3n) is 3.61. The van der Waals surface area contributed by atoms with Gasteiger partial charge in [0.2, 0.25) is 0 Å². The molecule has 0 atom stereocenters. The van der Waals surface area contributed by atoms with Gasteiger partial charge in [-0.2, -0.15) is 0 Å². The van der Waals surface area contributed by atoms with Crippen LogP contribution in [0.15, 0.2) is 42.5 Å². The van der Waals surface area contributed by atoms with Gasteiger partial charge in [0, 0.05) is 5.39 Å². The first kappa shape index (κ1) is 15.4. The van der Waals surface area contributed by atoms with Crippen LogP contribution in [0, 0.1) is 19.7 Å². The molecule has 0 unspecified atom stereocenters. The van der Waals surface area contributed by atoms with E-state index < -0.39 is 11.7 Å². The molecule has 0 fully saturated rings. The molecule has 0 aliphatic heterocycles. The molecule has 3 rings (SSSR count). The van der Waals surface area contributed by atoms with Gasteiger partial charge >= 0.3 is 0 Å². The standard InChI is InChI=1S/C18H14ClFN2O/c1-10-6-7-15-12(8-10)9-13(11(2)21-15)18(23)22-16-5-3-4-14(19)17(16)20/h3-9H,1-2H3,(H,22,23). The molecule has 0 bridgehead atoms. The SMILES string of the molecule is Cc1ccc2nc(C)c(C(=O)Nc3cccc(Cl)c3F)cc2c1. The molecule has 0 aliphatic carbocycles. The Labute approximate surface area is 138 Å². The van der Waals surface area contributed by atoms with Crippen molar-refractivity contribution in [1.82, 2.24) is 4.98 Å². The molecule has 2 aromatic carbocycles. The molecule has 116 valence electrons. The monoisotopic (exact) mass is 328 g/mol. The first-order chi connectivity index (χ1) is 11.0. The summed E-state index contributed by atoms with van der Waals surface area (Å²) in [6, 6.07) is 12.1. The number of aromatic nitrogens is 1. The van der Waals surface area contributed by atoms with Crippen LogP contribution in [-0.4, -0.2) is 10.9 Å². The Hall–Kier alpha value is -2.46. The zero-order valence-electron chi connectivity index (χ0n) is 12.7. The second-order valence-electron chi connectivity index (χ2n) is 5.37. The van der Waals surface area contributed by atoms with Gasteiger partial charge in [0.15, 0.2) is 5.82 Å². The van der Waals surface area contributed by atoms with Gasteiger partial charge < -0.3 is 5.32 Å². The Morgan fingerprint density at radius 1 is 1.17 bits per heavy atom. The molecule has 23 heavy (non-hydrogen) atoms. The average Bonchev–Trinajstić information content (AvgIpc) is 2.51. The molecule has 0 saturated heterocycles. The summed E-state index contributed by atoms with van der Waals surface area (Å²) in [6.07, 6.45) is 0. The maximum Gasteiger partial charge on any atom is 0.257 e. The molecule has 0 aliphatic rings. The lowest BCUT2D eigenvalue weighted by Crippen LogP contribution is -2.15. The van der Waals surface area contributed by atoms with Gasteiger partial charge in [-0.05, 0) is 44.2 Å². The fourth-order valence-electron chi connectivity index (χ4n) is 2.41. The summed E-state index contributed by atoms with van der Waals surface area (Å²) in [5.41, 5.74) is 2.93. The number of amides is 1. The minimum absolute atomic E-state index is 0.0354. The molecule has 0 spiro atoms. The second kappa shape index (κ2) is 5.97. The van der Waals surface area contributed by atoms with Gasteiger partial charge in [0.25, 0.3) is 5.91 Å². The number of anilines is 1. The number of hydrogen-bond donors (Lipinski definition) is 1. The summed E-state index contributed by atoms with van der Waals surface area (Å²) in [5, 5.41) is 3.38. The summed E-state index contributed by atoms with van der Waals surface area (Å²) in [6.45, 7) is 3.73. The Balaban J connectivity index is 2.00. The molecule has 3 nitrogen and oxygen atoms in total. The lowest BCUT2D eigenvalue weighted by atomic mass is 10.1.